The molecule has 2 amide bonds. The van der Waals surface area contributed by atoms with Gasteiger partial charge in [-0.1, -0.05) is 64.5 Å². The van der Waals surface area contributed by atoms with Crippen molar-refractivity contribution in [1.29, 1.82) is 0 Å². The Kier molecular flexibility index (Phi) is 13.7. The number of fused-ring (bicyclic) bond motifs is 3. The number of halogens is 1. The average molecular weight is 676 g/mol. The van der Waals surface area contributed by atoms with Gasteiger partial charge in [0.25, 0.3) is 5.91 Å². The van der Waals surface area contributed by atoms with Gasteiger partial charge in [-0.2, -0.15) is 0 Å². The average Bonchev–Trinajstić information content (AvgIpc) is 3.65. The maximum absolute atomic E-state index is 15.6. The van der Waals surface area contributed by atoms with Crippen molar-refractivity contribution in [1.82, 2.24) is 15.2 Å². The number of cyclic esters (lactones) is 1. The first-order chi connectivity index (χ1) is 22.0. The van der Waals surface area contributed by atoms with Gasteiger partial charge in [-0.3, -0.25) is 9.59 Å². The summed E-state index contributed by atoms with van der Waals surface area (Å²) in [5.41, 5.74) is 0.866. The van der Waals surface area contributed by atoms with Crippen LogP contribution in [-0.2, 0) is 25.2 Å². The molecule has 1 aromatic heterocycles. The maximum Gasteiger partial charge on any atom is 0.329 e. The van der Waals surface area contributed by atoms with E-state index in [0.29, 0.717) is 19.4 Å². The van der Waals surface area contributed by atoms with E-state index in [-0.39, 0.29) is 60.9 Å². The molecule has 2 unspecified atom stereocenters. The van der Waals surface area contributed by atoms with E-state index in [1.54, 1.807) is 6.08 Å². The van der Waals surface area contributed by atoms with Crippen LogP contribution in [0.1, 0.15) is 83.6 Å². The molecule has 10 nitrogen and oxygen atoms in total. The molecule has 0 aromatic carbocycles. The van der Waals surface area contributed by atoms with Gasteiger partial charge in [0.2, 0.25) is 5.91 Å². The van der Waals surface area contributed by atoms with Crippen LogP contribution in [0.15, 0.2) is 46.6 Å². The molecule has 1 aromatic rings. The lowest BCUT2D eigenvalue weighted by atomic mass is 9.90. The first-order valence-electron chi connectivity index (χ1n) is 16.7. The van der Waals surface area contributed by atoms with Crippen molar-refractivity contribution in [3.63, 3.8) is 0 Å². The van der Waals surface area contributed by atoms with Crippen LogP contribution in [0.3, 0.4) is 0 Å². The Morgan fingerprint density at radius 3 is 2.60 bits per heavy atom. The zero-order valence-corrected chi connectivity index (χ0v) is 30.3. The number of carbonyl (C=O) groups excluding carboxylic acids is 3. The fourth-order valence-electron chi connectivity index (χ4n) is 5.61. The number of oxazole rings is 1. The van der Waals surface area contributed by atoms with Crippen molar-refractivity contribution in [3.05, 3.63) is 53.8 Å². The van der Waals surface area contributed by atoms with E-state index < -0.39 is 50.5 Å². The SMILES string of the molecule is CC1=C\C(O[Si](C)(C)C(C)(C)C)C[C@@H](F)Cc2nc(co2)C(=O)N2CCC[C@@H]2C(=O)OC(C(C)C)[C@H](CCO)/C=C/C(=O)NC\C=C\1. The number of rotatable bonds is 5. The van der Waals surface area contributed by atoms with Gasteiger partial charge in [0.05, 0.1) is 12.5 Å². The van der Waals surface area contributed by atoms with Crippen molar-refractivity contribution in [3.8, 4) is 0 Å². The van der Waals surface area contributed by atoms with Crippen LogP contribution < -0.4 is 5.32 Å². The molecule has 0 spiro atoms. The highest BCUT2D eigenvalue weighted by Crippen LogP contribution is 2.38. The van der Waals surface area contributed by atoms with Crippen LogP contribution in [0.2, 0.25) is 18.1 Å². The molecule has 2 N–H and O–H groups in total. The normalized spacial score (nSPS) is 28.7. The van der Waals surface area contributed by atoms with Crippen molar-refractivity contribution >= 4 is 26.1 Å². The summed E-state index contributed by atoms with van der Waals surface area (Å²) in [4.78, 5) is 45.4. The van der Waals surface area contributed by atoms with Gasteiger partial charge >= 0.3 is 5.97 Å². The third-order valence-corrected chi connectivity index (χ3v) is 13.7. The Hall–Kier alpha value is -3.09. The van der Waals surface area contributed by atoms with Gasteiger partial charge < -0.3 is 28.9 Å². The molecular formula is C35H54FN3O7Si. The molecule has 2 bridgehead atoms. The molecule has 0 saturated carbocycles. The quantitative estimate of drug-likeness (QED) is 0.301. The number of hydrogen-bond acceptors (Lipinski definition) is 8. The Labute approximate surface area is 280 Å². The lowest BCUT2D eigenvalue weighted by molar-refractivity contribution is -0.158. The van der Waals surface area contributed by atoms with E-state index in [4.69, 9.17) is 13.6 Å². The number of hydrogen-bond donors (Lipinski definition) is 2. The lowest BCUT2D eigenvalue weighted by Gasteiger charge is -2.39. The molecule has 5 atom stereocenters. The number of aliphatic hydroxyl groups is 1. The summed E-state index contributed by atoms with van der Waals surface area (Å²) >= 11 is 0. The smallest absolute Gasteiger partial charge is 0.329 e. The third-order valence-electron chi connectivity index (χ3n) is 9.21. The molecule has 0 radical (unpaired) electrons. The second-order valence-electron chi connectivity index (χ2n) is 14.5. The standard InChI is InChI=1S/C35H54FN3O7Si/c1-23(2)32-25(15-18-40)13-14-30(41)37-16-9-11-24(3)19-27(46-47(7,8)35(4,5)6)20-26(36)21-31-38-28(22-44-31)33(42)39-17-10-12-29(39)34(43)45-32/h9,11,13-14,19,22-23,25-27,29,32,40H,10,12,15-18,20-21H2,1-8H3,(H,37,41)/b11-9+,14-13+,24-19+/t25-,26+,27?,29+,32?/m0/s1. The number of carbonyl (C=O) groups is 3. The van der Waals surface area contributed by atoms with Crippen LogP contribution in [0.5, 0.6) is 0 Å². The predicted octanol–water partition coefficient (Wildman–Crippen LogP) is 5.70. The highest BCUT2D eigenvalue weighted by atomic mass is 28.4. The molecule has 3 rings (SSSR count). The monoisotopic (exact) mass is 675 g/mol. The third kappa shape index (κ3) is 11.0. The molecule has 2 aliphatic rings. The van der Waals surface area contributed by atoms with Crippen LogP contribution >= 0.6 is 0 Å². The Morgan fingerprint density at radius 2 is 1.94 bits per heavy atom. The van der Waals surface area contributed by atoms with E-state index in [0.717, 1.165) is 5.57 Å². The van der Waals surface area contributed by atoms with E-state index in [9.17, 15) is 19.5 Å². The molecule has 47 heavy (non-hydrogen) atoms. The fourth-order valence-corrected chi connectivity index (χ4v) is 6.88. The minimum atomic E-state index is -2.26. The number of ether oxygens (including phenoxy) is 1. The number of aromatic nitrogens is 1. The Balaban J connectivity index is 1.95. The summed E-state index contributed by atoms with van der Waals surface area (Å²) < 4.78 is 33.8. The maximum atomic E-state index is 15.6. The molecule has 12 heteroatoms. The summed E-state index contributed by atoms with van der Waals surface area (Å²) in [6.07, 6.45) is 8.58. The molecule has 1 fully saturated rings. The number of esters is 1. The van der Waals surface area contributed by atoms with Crippen LogP contribution in [-0.4, -0.2) is 85.2 Å². The Bertz CT molecular complexity index is 1320. The second-order valence-corrected chi connectivity index (χ2v) is 19.2. The summed E-state index contributed by atoms with van der Waals surface area (Å²) in [5, 5.41) is 12.5. The molecule has 2 aliphatic heterocycles. The van der Waals surface area contributed by atoms with Crippen LogP contribution in [0.25, 0.3) is 0 Å². The number of aliphatic hydroxyl groups excluding tert-OH is 1. The highest BCUT2D eigenvalue weighted by Gasteiger charge is 2.40. The molecule has 3 heterocycles. The molecule has 262 valence electrons. The topological polar surface area (TPSA) is 131 Å². The zero-order valence-electron chi connectivity index (χ0n) is 29.3. The van der Waals surface area contributed by atoms with Gasteiger partial charge in [0, 0.05) is 32.0 Å². The Morgan fingerprint density at radius 1 is 1.21 bits per heavy atom. The van der Waals surface area contributed by atoms with Crippen LogP contribution in [0.4, 0.5) is 4.39 Å². The van der Waals surface area contributed by atoms with E-state index in [1.807, 2.05) is 39.0 Å². The predicted molar refractivity (Wildman–Crippen MR) is 181 cm³/mol. The number of nitrogens with zero attached hydrogens (tertiary/aromatic N) is 2. The number of alkyl halides is 1. The summed E-state index contributed by atoms with van der Waals surface area (Å²) in [5.74, 6) is -1.82. The molecular weight excluding hydrogens is 621 g/mol. The van der Waals surface area contributed by atoms with E-state index >= 15 is 4.39 Å². The largest absolute Gasteiger partial charge is 0.460 e. The van der Waals surface area contributed by atoms with Gasteiger partial charge in [-0.15, -0.1) is 0 Å². The second kappa shape index (κ2) is 16.8. The van der Waals surface area contributed by atoms with Crippen molar-refractivity contribution < 1.29 is 37.5 Å². The van der Waals surface area contributed by atoms with Crippen molar-refractivity contribution in [2.75, 3.05) is 19.7 Å². The van der Waals surface area contributed by atoms with Gasteiger partial charge in [0.1, 0.15) is 24.6 Å². The molecule has 1 saturated heterocycles. The van der Waals surface area contributed by atoms with Gasteiger partial charge in [-0.25, -0.2) is 14.2 Å². The number of amides is 2. The summed E-state index contributed by atoms with van der Waals surface area (Å²) in [7, 11) is -2.26. The van der Waals surface area contributed by atoms with E-state index in [1.165, 1.54) is 17.2 Å². The highest BCUT2D eigenvalue weighted by molar-refractivity contribution is 6.74. The first-order valence-corrected chi connectivity index (χ1v) is 19.6. The van der Waals surface area contributed by atoms with Crippen molar-refractivity contribution in [2.24, 2.45) is 11.8 Å². The summed E-state index contributed by atoms with van der Waals surface area (Å²) in [6, 6.07) is -0.823. The fraction of sp³-hybridized carbons (Fsp3) is 0.657. The van der Waals surface area contributed by atoms with Crippen molar-refractivity contribution in [2.45, 2.75) is 116 Å². The van der Waals surface area contributed by atoms with Gasteiger partial charge in [-0.05, 0) is 56.3 Å². The lowest BCUT2D eigenvalue weighted by Crippen LogP contribution is -2.44. The number of allylic oxidation sites excluding steroid dienone is 2. The van der Waals surface area contributed by atoms with E-state index in [2.05, 4.69) is 44.2 Å². The minimum absolute atomic E-state index is 0.00718. The van der Waals surface area contributed by atoms with Crippen LogP contribution in [0, 0.1) is 11.8 Å². The first kappa shape index (κ1) is 38.4. The molecule has 0 aliphatic carbocycles. The minimum Gasteiger partial charge on any atom is -0.460 e. The van der Waals surface area contributed by atoms with Gasteiger partial charge in [0.15, 0.2) is 19.9 Å². The summed E-state index contributed by atoms with van der Waals surface area (Å²) in [6.45, 7) is 16.8. The zero-order chi connectivity index (χ0) is 34.9. The number of nitrogens with one attached hydrogen (secondary N) is 1.